The van der Waals surface area contributed by atoms with E-state index in [2.05, 4.69) is 26.6 Å². The highest BCUT2D eigenvalue weighted by Gasteiger charge is 2.32. The number of halogens is 1. The summed E-state index contributed by atoms with van der Waals surface area (Å²) in [6, 6.07) is 4.36. The molecule has 142 valence electrons. The van der Waals surface area contributed by atoms with Gasteiger partial charge in [0.25, 0.3) is 10.9 Å². The highest BCUT2D eigenvalue weighted by Crippen LogP contribution is 2.34. The molecule has 3 N–H and O–H groups in total. The average Bonchev–Trinajstić information content (AvgIpc) is 3.00. The Morgan fingerprint density at radius 2 is 2.04 bits per heavy atom. The first-order chi connectivity index (χ1) is 12.9. The van der Waals surface area contributed by atoms with Gasteiger partial charge in [0, 0.05) is 10.9 Å². The number of hydrogen-bond acceptors (Lipinski definition) is 7. The topological polar surface area (TPSA) is 105 Å². The van der Waals surface area contributed by atoms with Gasteiger partial charge in [-0.1, -0.05) is 28.9 Å². The van der Waals surface area contributed by atoms with Crippen LogP contribution in [-0.2, 0) is 4.74 Å². The van der Waals surface area contributed by atoms with Crippen LogP contribution < -0.4 is 21.5 Å². The van der Waals surface area contributed by atoms with Crippen LogP contribution in [0.5, 0.6) is 5.75 Å². The van der Waals surface area contributed by atoms with Gasteiger partial charge in [-0.05, 0) is 25.5 Å². The molecular formula is C19H19BrN2O5. The molecule has 0 spiro atoms. The first kappa shape index (κ1) is 19.2. The summed E-state index contributed by atoms with van der Waals surface area (Å²) in [7, 11) is 0. The van der Waals surface area contributed by atoms with E-state index < -0.39 is 10.9 Å². The van der Waals surface area contributed by atoms with Crippen LogP contribution in [0.25, 0.3) is 0 Å². The van der Waals surface area contributed by atoms with Gasteiger partial charge >= 0.3 is 0 Å². The molecule has 3 rings (SSSR count). The smallest absolute Gasteiger partial charge is 0.253 e. The van der Waals surface area contributed by atoms with Crippen LogP contribution >= 0.6 is 15.9 Å². The van der Waals surface area contributed by atoms with Crippen molar-refractivity contribution in [3.05, 3.63) is 54.5 Å². The lowest BCUT2D eigenvalue weighted by atomic mass is 10.0. The van der Waals surface area contributed by atoms with E-state index in [-0.39, 0.29) is 40.5 Å². The van der Waals surface area contributed by atoms with Gasteiger partial charge in [-0.15, -0.1) is 0 Å². The third-order valence-corrected chi connectivity index (χ3v) is 5.56. The van der Waals surface area contributed by atoms with Gasteiger partial charge in [0.15, 0.2) is 6.29 Å². The number of aldehydes is 1. The molecule has 7 nitrogen and oxygen atoms in total. The number of para-hydroxylation sites is 1. The van der Waals surface area contributed by atoms with Crippen molar-refractivity contribution in [3.8, 4) is 5.75 Å². The van der Waals surface area contributed by atoms with Crippen LogP contribution in [0.1, 0.15) is 37.0 Å². The zero-order valence-corrected chi connectivity index (χ0v) is 16.4. The van der Waals surface area contributed by atoms with E-state index in [9.17, 15) is 19.5 Å². The van der Waals surface area contributed by atoms with Crippen molar-refractivity contribution in [2.75, 3.05) is 10.6 Å². The fraction of sp³-hybridized carbons (Fsp3) is 0.316. The van der Waals surface area contributed by atoms with Crippen LogP contribution in [0.15, 0.2) is 38.0 Å². The second kappa shape index (κ2) is 7.56. The zero-order chi connectivity index (χ0) is 19.7. The Morgan fingerprint density at radius 1 is 1.33 bits per heavy atom. The molecule has 0 saturated heterocycles. The van der Waals surface area contributed by atoms with Crippen molar-refractivity contribution in [2.24, 2.45) is 0 Å². The van der Waals surface area contributed by atoms with Gasteiger partial charge in [0.2, 0.25) is 0 Å². The Morgan fingerprint density at radius 3 is 2.63 bits per heavy atom. The monoisotopic (exact) mass is 434 g/mol. The second-order valence-corrected chi connectivity index (χ2v) is 7.33. The highest BCUT2D eigenvalue weighted by atomic mass is 79.9. The number of allylic oxidation sites excluding steroid dienone is 1. The largest absolute Gasteiger partial charge is 0.505 e. The van der Waals surface area contributed by atoms with Crippen molar-refractivity contribution < 1.29 is 14.6 Å². The maximum Gasteiger partial charge on any atom is 0.253 e. The minimum atomic E-state index is -0.675. The van der Waals surface area contributed by atoms with Gasteiger partial charge in [-0.2, -0.15) is 0 Å². The SMILES string of the molecule is CC[C@@H](Nc1c(Nc2cccc(C=O)c2O)c(=O)c1=O)C1CC(Br)=C(C)O1. The van der Waals surface area contributed by atoms with Crippen molar-refractivity contribution in [3.63, 3.8) is 0 Å². The number of phenolic OH excluding ortho intramolecular Hbond substituents is 1. The molecule has 27 heavy (non-hydrogen) atoms. The Labute approximate surface area is 163 Å². The molecule has 0 aliphatic carbocycles. The molecule has 1 unspecified atom stereocenters. The molecule has 1 aliphatic heterocycles. The molecule has 0 bridgehead atoms. The standard InChI is InChI=1S/C19H19BrN2O5/c1-3-12(14-7-11(20)9(2)27-14)21-15-16(19(26)18(15)25)22-13-6-4-5-10(8-23)17(13)24/h4-6,8,12,14,21-22,24H,3,7H2,1-2H3/t12-,14?/m1/s1. The lowest BCUT2D eigenvalue weighted by molar-refractivity contribution is 0.112. The number of ether oxygens (including phenoxy) is 1. The minimum absolute atomic E-state index is 0.0681. The number of nitrogens with one attached hydrogen (secondary N) is 2. The molecule has 0 aromatic heterocycles. The van der Waals surface area contributed by atoms with Gasteiger partial charge in [0.1, 0.15) is 29.0 Å². The van der Waals surface area contributed by atoms with Gasteiger partial charge in [-0.25, -0.2) is 0 Å². The van der Waals surface area contributed by atoms with Crippen molar-refractivity contribution in [1.82, 2.24) is 0 Å². The van der Waals surface area contributed by atoms with Crippen LogP contribution in [0.3, 0.4) is 0 Å². The predicted octanol–water partition coefficient (Wildman–Crippen LogP) is 3.15. The van der Waals surface area contributed by atoms with E-state index in [1.807, 2.05) is 13.8 Å². The summed E-state index contributed by atoms with van der Waals surface area (Å²) in [6.07, 6.45) is 1.72. The summed E-state index contributed by atoms with van der Waals surface area (Å²) in [5.41, 5.74) is -0.800. The summed E-state index contributed by atoms with van der Waals surface area (Å²) < 4.78 is 6.79. The molecule has 2 aromatic carbocycles. The van der Waals surface area contributed by atoms with Crippen LogP contribution in [-0.4, -0.2) is 23.5 Å². The maximum atomic E-state index is 12.1. The fourth-order valence-corrected chi connectivity index (χ4v) is 3.47. The molecule has 2 aromatic rings. The molecule has 8 heteroatoms. The Balaban J connectivity index is 1.83. The average molecular weight is 435 g/mol. The van der Waals surface area contributed by atoms with Crippen LogP contribution in [0.2, 0.25) is 0 Å². The Bertz CT molecular complexity index is 977. The summed E-state index contributed by atoms with van der Waals surface area (Å²) >= 11 is 3.46. The van der Waals surface area contributed by atoms with Crippen molar-refractivity contribution in [1.29, 1.82) is 0 Å². The van der Waals surface area contributed by atoms with Gasteiger partial charge in [-0.3, -0.25) is 14.4 Å². The molecule has 0 amide bonds. The van der Waals surface area contributed by atoms with E-state index in [1.165, 1.54) is 12.1 Å². The van der Waals surface area contributed by atoms with Crippen LogP contribution in [0, 0.1) is 0 Å². The predicted molar refractivity (Wildman–Crippen MR) is 107 cm³/mol. The third-order valence-electron chi connectivity index (χ3n) is 4.67. The van der Waals surface area contributed by atoms with Crippen molar-refractivity contribution >= 4 is 39.3 Å². The van der Waals surface area contributed by atoms with E-state index in [4.69, 9.17) is 4.74 Å². The normalized spacial score (nSPS) is 17.7. The molecular weight excluding hydrogens is 416 g/mol. The number of carbonyl (C=O) groups excluding carboxylic acids is 1. The van der Waals surface area contributed by atoms with E-state index in [0.717, 1.165) is 10.2 Å². The Hall–Kier alpha value is -2.61. The summed E-state index contributed by atoms with van der Waals surface area (Å²) in [4.78, 5) is 35.1. The minimum Gasteiger partial charge on any atom is -0.505 e. The first-order valence-corrected chi connectivity index (χ1v) is 9.32. The van der Waals surface area contributed by atoms with E-state index in [0.29, 0.717) is 19.1 Å². The number of phenols is 1. The number of carbonyl (C=O) groups is 1. The van der Waals surface area contributed by atoms with Gasteiger partial charge < -0.3 is 20.5 Å². The fourth-order valence-electron chi connectivity index (χ4n) is 3.06. The molecule has 0 saturated carbocycles. The number of aromatic hydroxyl groups is 1. The first-order valence-electron chi connectivity index (χ1n) is 8.53. The maximum absolute atomic E-state index is 12.1. The summed E-state index contributed by atoms with van der Waals surface area (Å²) in [6.45, 7) is 3.82. The Kier molecular flexibility index (Phi) is 5.36. The lowest BCUT2D eigenvalue weighted by Gasteiger charge is -2.26. The molecule has 1 heterocycles. The third kappa shape index (κ3) is 3.49. The summed E-state index contributed by atoms with van der Waals surface area (Å²) in [5, 5.41) is 16.0. The molecule has 2 atom stereocenters. The number of rotatable bonds is 7. The lowest BCUT2D eigenvalue weighted by Crippen LogP contribution is -2.42. The van der Waals surface area contributed by atoms with E-state index >= 15 is 0 Å². The molecule has 0 radical (unpaired) electrons. The zero-order valence-electron chi connectivity index (χ0n) is 14.8. The quantitative estimate of drug-likeness (QED) is 0.349. The number of anilines is 3. The number of benzene rings is 1. The number of hydrogen-bond donors (Lipinski definition) is 3. The van der Waals surface area contributed by atoms with Gasteiger partial charge in [0.05, 0.1) is 17.3 Å². The molecule has 1 aliphatic rings. The highest BCUT2D eigenvalue weighted by molar-refractivity contribution is 9.11. The second-order valence-electron chi connectivity index (χ2n) is 6.38. The summed E-state index contributed by atoms with van der Waals surface area (Å²) in [5.74, 6) is 0.528. The van der Waals surface area contributed by atoms with Crippen LogP contribution in [0.4, 0.5) is 17.1 Å². The van der Waals surface area contributed by atoms with Crippen molar-refractivity contribution in [2.45, 2.75) is 38.8 Å². The molecule has 0 fully saturated rings. The van der Waals surface area contributed by atoms with E-state index in [1.54, 1.807) is 6.07 Å².